The lowest BCUT2D eigenvalue weighted by atomic mass is 10.1. The number of fused-ring (bicyclic) bond motifs is 1. The number of rotatable bonds is 9. The fraction of sp³-hybridized carbons (Fsp3) is 0.143. The summed E-state index contributed by atoms with van der Waals surface area (Å²) in [5.74, 6) is 0.0175. The summed E-state index contributed by atoms with van der Waals surface area (Å²) in [7, 11) is -1.93. The summed E-state index contributed by atoms with van der Waals surface area (Å²) in [5.41, 5.74) is 2.02. The van der Waals surface area contributed by atoms with Gasteiger partial charge in [-0.3, -0.25) is 9.40 Å². The molecule has 9 nitrogen and oxygen atoms in total. The van der Waals surface area contributed by atoms with Gasteiger partial charge in [-0.2, -0.15) is 5.10 Å². The summed E-state index contributed by atoms with van der Waals surface area (Å²) >= 11 is 0. The molecule has 170 valence electrons. The average molecular weight is 488 g/mol. The van der Waals surface area contributed by atoms with Gasteiger partial charge in [0.1, 0.15) is 17.0 Å². The lowest BCUT2D eigenvalue weighted by Crippen LogP contribution is -2.14. The molecule has 0 aliphatic heterocycles. The van der Waals surface area contributed by atoms with E-state index in [1.54, 1.807) is 35.3 Å². The van der Waals surface area contributed by atoms with Crippen LogP contribution in [0.4, 0.5) is 10.2 Å². The molecule has 2 N–H and O–H groups in total. The molecule has 12 heteroatoms. The molecule has 4 rings (SSSR count). The number of ether oxygens (including phenoxy) is 1. The van der Waals surface area contributed by atoms with Crippen LogP contribution in [0.25, 0.3) is 11.0 Å². The number of benzene rings is 2. The highest BCUT2D eigenvalue weighted by Crippen LogP contribution is 2.34. The first-order valence-corrected chi connectivity index (χ1v) is 11.8. The Kier molecular flexibility index (Phi) is 6.83. The zero-order valence-corrected chi connectivity index (χ0v) is 18.9. The molecular formula is C21H18FN5O4S2. The second-order valence-electron chi connectivity index (χ2n) is 6.76. The van der Waals surface area contributed by atoms with Crippen molar-refractivity contribution >= 4 is 38.8 Å². The minimum atomic E-state index is -1.89. The first-order chi connectivity index (χ1) is 16.0. The summed E-state index contributed by atoms with van der Waals surface area (Å²) in [6.07, 6.45) is 8.52. The topological polar surface area (TPSA) is 111 Å². The predicted molar refractivity (Wildman–Crippen MR) is 122 cm³/mol. The fourth-order valence-corrected chi connectivity index (χ4v) is 4.36. The van der Waals surface area contributed by atoms with Crippen LogP contribution < -0.4 is 14.2 Å². The number of hydrogen-bond donors (Lipinski definition) is 2. The molecule has 0 amide bonds. The molecular weight excluding hydrogens is 469 g/mol. The van der Waals surface area contributed by atoms with E-state index in [-0.39, 0.29) is 10.7 Å². The van der Waals surface area contributed by atoms with Gasteiger partial charge in [0.25, 0.3) is 0 Å². The highest BCUT2D eigenvalue weighted by atomic mass is 32.2. The number of hydrogen-bond acceptors (Lipinski definition) is 6. The van der Waals surface area contributed by atoms with Crippen molar-refractivity contribution in [3.63, 3.8) is 0 Å². The molecule has 0 saturated heterocycles. The number of terminal acetylenes is 1. The Morgan fingerprint density at radius 2 is 2.09 bits per heavy atom. The number of nitrogens with zero attached hydrogens (tertiary/aromatic N) is 3. The third-order valence-corrected chi connectivity index (χ3v) is 6.32. The van der Waals surface area contributed by atoms with E-state index in [0.29, 0.717) is 29.8 Å². The molecule has 2 aromatic heterocycles. The number of anilines is 1. The van der Waals surface area contributed by atoms with Gasteiger partial charge in [-0.05, 0) is 29.8 Å². The Labute approximate surface area is 193 Å². The van der Waals surface area contributed by atoms with Crippen molar-refractivity contribution in [2.45, 2.75) is 18.0 Å². The highest BCUT2D eigenvalue weighted by Gasteiger charge is 2.19. The number of methoxy groups -OCH3 is 1. The standard InChI is InChI=1S/C21H18FN5O4S2/c1-3-32(28)24-11-15-10-23-27(13-15)12-14-8-17(30-2)20-18(9-14)31-25-21(20)26-33(29)19-7-5-4-6-16(19)22/h1,4-10,13,24H,11-12H2,2H3,(H,25,26). The highest BCUT2D eigenvalue weighted by molar-refractivity contribution is 7.87. The van der Waals surface area contributed by atoms with Crippen molar-refractivity contribution in [1.82, 2.24) is 19.7 Å². The van der Waals surface area contributed by atoms with Crippen molar-refractivity contribution in [3.05, 3.63) is 65.7 Å². The average Bonchev–Trinajstić information content (AvgIpc) is 3.44. The van der Waals surface area contributed by atoms with Crippen molar-refractivity contribution < 1.29 is 22.1 Å². The molecule has 2 unspecified atom stereocenters. The van der Waals surface area contributed by atoms with Crippen LogP contribution in [-0.2, 0) is 35.1 Å². The Morgan fingerprint density at radius 1 is 1.27 bits per heavy atom. The first-order valence-electron chi connectivity index (χ1n) is 9.50. The van der Waals surface area contributed by atoms with Crippen LogP contribution >= 0.6 is 0 Å². The van der Waals surface area contributed by atoms with Crippen molar-refractivity contribution in [2.24, 2.45) is 0 Å². The van der Waals surface area contributed by atoms with E-state index in [2.05, 4.69) is 25.0 Å². The van der Waals surface area contributed by atoms with E-state index in [0.717, 1.165) is 11.1 Å². The maximum Gasteiger partial charge on any atom is 0.193 e. The Morgan fingerprint density at radius 3 is 2.85 bits per heavy atom. The van der Waals surface area contributed by atoms with E-state index < -0.39 is 27.8 Å². The molecule has 2 heterocycles. The minimum absolute atomic E-state index is 0.000657. The van der Waals surface area contributed by atoms with Gasteiger partial charge in [-0.25, -0.2) is 17.5 Å². The quantitative estimate of drug-likeness (QED) is 0.351. The number of halogens is 1. The van der Waals surface area contributed by atoms with E-state index in [1.807, 2.05) is 0 Å². The van der Waals surface area contributed by atoms with Gasteiger partial charge in [0, 0.05) is 23.6 Å². The van der Waals surface area contributed by atoms with Crippen molar-refractivity contribution in [3.8, 4) is 17.4 Å². The molecule has 0 saturated carbocycles. The second kappa shape index (κ2) is 9.95. The smallest absolute Gasteiger partial charge is 0.193 e. The van der Waals surface area contributed by atoms with E-state index in [9.17, 15) is 12.8 Å². The van der Waals surface area contributed by atoms with Crippen LogP contribution in [0.5, 0.6) is 5.75 Å². The molecule has 4 aromatic rings. The molecule has 2 atom stereocenters. The SMILES string of the molecule is C#CS(=O)NCc1cnn(Cc2cc(OC)c3c(NS(=O)c4ccccc4F)noc3c2)c1. The molecule has 2 aromatic carbocycles. The molecule has 33 heavy (non-hydrogen) atoms. The third-order valence-electron chi connectivity index (χ3n) is 4.59. The summed E-state index contributed by atoms with van der Waals surface area (Å²) in [6, 6.07) is 9.31. The van der Waals surface area contributed by atoms with Gasteiger partial charge in [0.15, 0.2) is 33.4 Å². The van der Waals surface area contributed by atoms with Gasteiger partial charge in [0.05, 0.1) is 24.7 Å². The van der Waals surface area contributed by atoms with E-state index in [4.69, 9.17) is 15.7 Å². The molecule has 0 fully saturated rings. The summed E-state index contributed by atoms with van der Waals surface area (Å²) in [5, 5.41) is 10.8. The Bertz CT molecular complexity index is 1400. The van der Waals surface area contributed by atoms with Crippen molar-refractivity contribution in [1.29, 1.82) is 0 Å². The summed E-state index contributed by atoms with van der Waals surface area (Å²) in [4.78, 5) is -0.000657. The Balaban J connectivity index is 1.55. The Hall–Kier alpha value is -3.53. The molecule has 0 aliphatic rings. The lowest BCUT2D eigenvalue weighted by Gasteiger charge is -2.08. The fourth-order valence-electron chi connectivity index (χ4n) is 3.11. The van der Waals surface area contributed by atoms with Crippen LogP contribution in [0.1, 0.15) is 11.1 Å². The maximum atomic E-state index is 14.0. The molecule has 0 aliphatic carbocycles. The lowest BCUT2D eigenvalue weighted by molar-refractivity contribution is 0.418. The van der Waals surface area contributed by atoms with E-state index in [1.165, 1.54) is 25.3 Å². The van der Waals surface area contributed by atoms with Gasteiger partial charge >= 0.3 is 0 Å². The molecule has 0 bridgehead atoms. The van der Waals surface area contributed by atoms with Gasteiger partial charge in [-0.15, -0.1) is 6.42 Å². The van der Waals surface area contributed by atoms with E-state index >= 15 is 0 Å². The minimum Gasteiger partial charge on any atom is -0.496 e. The molecule has 0 spiro atoms. The maximum absolute atomic E-state index is 14.0. The van der Waals surface area contributed by atoms with Crippen LogP contribution in [0.15, 0.2) is 58.2 Å². The first kappa shape index (κ1) is 22.7. The second-order valence-corrected chi connectivity index (χ2v) is 9.00. The van der Waals surface area contributed by atoms with Gasteiger partial charge < -0.3 is 9.26 Å². The van der Waals surface area contributed by atoms with Gasteiger partial charge in [-0.1, -0.05) is 17.3 Å². The van der Waals surface area contributed by atoms with Gasteiger partial charge in [0.2, 0.25) is 0 Å². The van der Waals surface area contributed by atoms with Crippen molar-refractivity contribution in [2.75, 3.05) is 11.8 Å². The monoisotopic (exact) mass is 487 g/mol. The van der Waals surface area contributed by atoms with Crippen LogP contribution in [0, 0.1) is 17.5 Å². The third kappa shape index (κ3) is 5.11. The normalized spacial score (nSPS) is 12.9. The zero-order chi connectivity index (χ0) is 23.4. The molecule has 0 radical (unpaired) electrons. The van der Waals surface area contributed by atoms with Crippen LogP contribution in [0.3, 0.4) is 0 Å². The zero-order valence-electron chi connectivity index (χ0n) is 17.3. The number of aromatic nitrogens is 3. The van der Waals surface area contributed by atoms with Crippen LogP contribution in [-0.4, -0.2) is 30.5 Å². The summed E-state index contributed by atoms with van der Waals surface area (Å²) < 4.78 is 55.8. The largest absolute Gasteiger partial charge is 0.496 e. The summed E-state index contributed by atoms with van der Waals surface area (Å²) in [6.45, 7) is 0.713. The predicted octanol–water partition coefficient (Wildman–Crippen LogP) is 2.70. The van der Waals surface area contributed by atoms with Crippen LogP contribution in [0.2, 0.25) is 0 Å². The number of nitrogens with one attached hydrogen (secondary N) is 2.